The highest BCUT2D eigenvalue weighted by Crippen LogP contribution is 2.38. The molecule has 2 N–H and O–H groups in total. The second-order valence-electron chi connectivity index (χ2n) is 5.90. The largest absolute Gasteiger partial charge is 0.506 e. The molecule has 1 aromatic carbocycles. The number of nitro benzene ring substituents is 1. The Bertz CT molecular complexity index is 1020. The van der Waals surface area contributed by atoms with Crippen LogP contribution in [-0.4, -0.2) is 58.2 Å². The first kappa shape index (κ1) is 22.0. The highest BCUT2D eigenvalue weighted by atomic mass is 16.6. The van der Waals surface area contributed by atoms with Crippen molar-refractivity contribution in [3.05, 3.63) is 57.9 Å². The van der Waals surface area contributed by atoms with E-state index in [0.29, 0.717) is 5.75 Å². The van der Waals surface area contributed by atoms with Crippen LogP contribution in [0.2, 0.25) is 0 Å². The summed E-state index contributed by atoms with van der Waals surface area (Å²) in [5.74, 6) is -2.09. The molecule has 0 aliphatic rings. The number of carbonyl (C=O) groups is 1. The van der Waals surface area contributed by atoms with Crippen molar-refractivity contribution in [1.82, 2.24) is 9.88 Å². The Morgan fingerprint density at radius 2 is 2.03 bits per heavy atom. The number of nitro groups is 1. The third-order valence-corrected chi connectivity index (χ3v) is 4.00. The molecule has 156 valence electrons. The summed E-state index contributed by atoms with van der Waals surface area (Å²) in [6.45, 7) is 0.211. The van der Waals surface area contributed by atoms with Crippen molar-refractivity contribution in [2.24, 2.45) is 0 Å². The van der Waals surface area contributed by atoms with Crippen LogP contribution in [0.25, 0.3) is 5.76 Å². The molecule has 0 unspecified atom stereocenters. The number of aromatic hydroxyl groups is 1. The third kappa shape index (κ3) is 4.93. The Morgan fingerprint density at radius 1 is 1.37 bits per heavy atom. The van der Waals surface area contributed by atoms with Gasteiger partial charge in [0.25, 0.3) is 5.91 Å². The first-order valence-electron chi connectivity index (χ1n) is 8.47. The first-order chi connectivity index (χ1) is 14.3. The zero-order chi connectivity index (χ0) is 22.3. The Labute approximate surface area is 171 Å². The van der Waals surface area contributed by atoms with Crippen molar-refractivity contribution in [3.8, 4) is 23.3 Å². The number of rotatable bonds is 8. The smallest absolute Gasteiger partial charge is 0.315 e. The second-order valence-corrected chi connectivity index (χ2v) is 5.90. The molecular formula is C19H18N4O7. The maximum Gasteiger partial charge on any atom is 0.315 e. The standard InChI is InChI=1S/C19H18N4O7/c1-22(7-8-30-13-3-5-21-6-4-13)19(26)14(11-20)17(24)12-9-15(23(27)28)18(25)16(10-12)29-2/h3-6,9-10,24-25H,7-8H2,1-2H3/b17-14-. The van der Waals surface area contributed by atoms with E-state index in [-0.39, 0.29) is 24.5 Å². The molecule has 1 heterocycles. The van der Waals surface area contributed by atoms with Gasteiger partial charge in [-0.2, -0.15) is 5.26 Å². The number of amides is 1. The maximum atomic E-state index is 12.6. The summed E-state index contributed by atoms with van der Waals surface area (Å²) in [6.07, 6.45) is 3.09. The van der Waals surface area contributed by atoms with Gasteiger partial charge in [0.05, 0.1) is 18.6 Å². The number of aliphatic hydroxyl groups is 1. The van der Waals surface area contributed by atoms with Crippen molar-refractivity contribution in [2.75, 3.05) is 27.3 Å². The number of carbonyl (C=O) groups excluding carboxylic acids is 1. The van der Waals surface area contributed by atoms with E-state index in [2.05, 4.69) is 4.98 Å². The van der Waals surface area contributed by atoms with E-state index >= 15 is 0 Å². The molecule has 0 bridgehead atoms. The van der Waals surface area contributed by atoms with E-state index in [1.807, 2.05) is 0 Å². The summed E-state index contributed by atoms with van der Waals surface area (Å²) in [4.78, 5) is 27.8. The molecule has 0 saturated carbocycles. The monoisotopic (exact) mass is 414 g/mol. The van der Waals surface area contributed by atoms with E-state index in [0.717, 1.165) is 24.1 Å². The number of nitrogens with zero attached hydrogens (tertiary/aromatic N) is 4. The van der Waals surface area contributed by atoms with Crippen molar-refractivity contribution in [2.45, 2.75) is 0 Å². The summed E-state index contributed by atoms with van der Waals surface area (Å²) < 4.78 is 10.3. The van der Waals surface area contributed by atoms with Gasteiger partial charge in [-0.25, -0.2) is 0 Å². The zero-order valence-corrected chi connectivity index (χ0v) is 16.1. The molecule has 2 aromatic rings. The molecule has 0 spiro atoms. The van der Waals surface area contributed by atoms with Crippen LogP contribution in [0.1, 0.15) is 5.56 Å². The van der Waals surface area contributed by atoms with Crippen LogP contribution < -0.4 is 9.47 Å². The quantitative estimate of drug-likeness (QED) is 0.217. The average molecular weight is 414 g/mol. The van der Waals surface area contributed by atoms with Crippen LogP contribution in [0, 0.1) is 21.4 Å². The van der Waals surface area contributed by atoms with Crippen LogP contribution >= 0.6 is 0 Å². The molecule has 11 nitrogen and oxygen atoms in total. The van der Waals surface area contributed by atoms with Gasteiger partial charge in [0, 0.05) is 31.1 Å². The number of phenols is 1. The van der Waals surface area contributed by atoms with Gasteiger partial charge >= 0.3 is 5.69 Å². The molecule has 0 aliphatic carbocycles. The number of nitriles is 1. The molecular weight excluding hydrogens is 396 g/mol. The number of hydrogen-bond donors (Lipinski definition) is 2. The summed E-state index contributed by atoms with van der Waals surface area (Å²) in [5, 5.41) is 40.7. The zero-order valence-electron chi connectivity index (χ0n) is 16.1. The molecule has 1 amide bonds. The summed E-state index contributed by atoms with van der Waals surface area (Å²) in [5.41, 5.74) is -1.62. The summed E-state index contributed by atoms with van der Waals surface area (Å²) >= 11 is 0. The van der Waals surface area contributed by atoms with Gasteiger partial charge < -0.3 is 24.6 Å². The lowest BCUT2D eigenvalue weighted by Gasteiger charge is -2.17. The number of ether oxygens (including phenoxy) is 2. The predicted molar refractivity (Wildman–Crippen MR) is 104 cm³/mol. The lowest BCUT2D eigenvalue weighted by molar-refractivity contribution is -0.386. The van der Waals surface area contributed by atoms with Gasteiger partial charge in [0.1, 0.15) is 24.2 Å². The first-order valence-corrected chi connectivity index (χ1v) is 8.47. The highest BCUT2D eigenvalue weighted by molar-refractivity contribution is 6.03. The minimum atomic E-state index is -0.884. The second kappa shape index (κ2) is 9.74. The highest BCUT2D eigenvalue weighted by Gasteiger charge is 2.25. The van der Waals surface area contributed by atoms with Gasteiger partial charge in [-0.15, -0.1) is 0 Å². The Kier molecular flexibility index (Phi) is 7.13. The van der Waals surface area contributed by atoms with Crippen molar-refractivity contribution in [3.63, 3.8) is 0 Å². The van der Waals surface area contributed by atoms with Gasteiger partial charge in [-0.05, 0) is 18.2 Å². The van der Waals surface area contributed by atoms with E-state index in [1.54, 1.807) is 30.6 Å². The van der Waals surface area contributed by atoms with Crippen LogP contribution in [0.4, 0.5) is 5.69 Å². The molecule has 0 saturated heterocycles. The summed E-state index contributed by atoms with van der Waals surface area (Å²) in [7, 11) is 2.57. The fraction of sp³-hybridized carbons (Fsp3) is 0.211. The lowest BCUT2D eigenvalue weighted by atomic mass is 10.1. The van der Waals surface area contributed by atoms with Crippen LogP contribution in [0.5, 0.6) is 17.2 Å². The van der Waals surface area contributed by atoms with E-state index in [4.69, 9.17) is 9.47 Å². The molecule has 0 fully saturated rings. The Balaban J connectivity index is 2.25. The topological polar surface area (TPSA) is 159 Å². The normalized spacial score (nSPS) is 11.1. The molecule has 2 rings (SSSR count). The SMILES string of the molecule is COc1cc(/C(O)=C(\C#N)C(=O)N(C)CCOc2ccncc2)cc([N+](=O)[O-])c1O. The van der Waals surface area contributed by atoms with Crippen LogP contribution in [-0.2, 0) is 4.79 Å². The Morgan fingerprint density at radius 3 is 2.60 bits per heavy atom. The maximum absolute atomic E-state index is 12.6. The number of methoxy groups -OCH3 is 1. The van der Waals surface area contributed by atoms with Gasteiger partial charge in [-0.3, -0.25) is 19.9 Å². The number of aliphatic hydroxyl groups excluding tert-OH is 1. The fourth-order valence-corrected chi connectivity index (χ4v) is 2.40. The molecule has 11 heteroatoms. The number of hydrogen-bond acceptors (Lipinski definition) is 9. The number of pyridine rings is 1. The molecule has 30 heavy (non-hydrogen) atoms. The van der Waals surface area contributed by atoms with Gasteiger partial charge in [-0.1, -0.05) is 0 Å². The molecule has 1 aromatic heterocycles. The minimum Gasteiger partial charge on any atom is -0.506 e. The Hall–Kier alpha value is -4.33. The van der Waals surface area contributed by atoms with Crippen LogP contribution in [0.3, 0.4) is 0 Å². The number of benzene rings is 1. The van der Waals surface area contributed by atoms with Gasteiger partial charge in [0.15, 0.2) is 11.3 Å². The third-order valence-electron chi connectivity index (χ3n) is 4.00. The van der Waals surface area contributed by atoms with Crippen molar-refractivity contribution < 1.29 is 29.4 Å². The molecule has 0 radical (unpaired) electrons. The lowest BCUT2D eigenvalue weighted by Crippen LogP contribution is -2.32. The number of likely N-dealkylation sites (N-methyl/N-ethyl adjacent to an activating group) is 1. The minimum absolute atomic E-state index is 0.0959. The average Bonchev–Trinajstić information content (AvgIpc) is 2.74. The fourth-order valence-electron chi connectivity index (χ4n) is 2.40. The van der Waals surface area contributed by atoms with E-state index in [1.165, 1.54) is 7.05 Å². The van der Waals surface area contributed by atoms with Gasteiger partial charge in [0.2, 0.25) is 5.75 Å². The van der Waals surface area contributed by atoms with Crippen LogP contribution in [0.15, 0.2) is 42.2 Å². The number of phenolic OH excluding ortho intramolecular Hbond substituents is 1. The van der Waals surface area contributed by atoms with Crippen molar-refractivity contribution >= 4 is 17.4 Å². The summed E-state index contributed by atoms with van der Waals surface area (Å²) in [6, 6.07) is 6.80. The molecule has 0 atom stereocenters. The van der Waals surface area contributed by atoms with E-state index < -0.39 is 33.6 Å². The molecule has 0 aliphatic heterocycles. The van der Waals surface area contributed by atoms with Crippen molar-refractivity contribution in [1.29, 1.82) is 5.26 Å². The predicted octanol–water partition coefficient (Wildman–Crippen LogP) is 2.03. The van der Waals surface area contributed by atoms with E-state index in [9.17, 15) is 30.4 Å². The number of aromatic nitrogens is 1.